The SMILES string of the molecule is Cc1[nH]c2ccc(C(=O)NCc3ccnc(N(C)C)c3)cc2c1C. The summed E-state index contributed by atoms with van der Waals surface area (Å²) in [4.78, 5) is 22.0. The molecule has 1 aromatic carbocycles. The number of hydrogen-bond donors (Lipinski definition) is 2. The first-order valence-corrected chi connectivity index (χ1v) is 7.95. The molecule has 1 amide bonds. The fourth-order valence-electron chi connectivity index (χ4n) is 2.70. The second-order valence-corrected chi connectivity index (χ2v) is 6.23. The molecular formula is C19H22N4O. The first-order chi connectivity index (χ1) is 11.5. The summed E-state index contributed by atoms with van der Waals surface area (Å²) in [5.41, 5.74) is 5.08. The van der Waals surface area contributed by atoms with E-state index in [1.54, 1.807) is 6.20 Å². The molecule has 0 aliphatic rings. The number of fused-ring (bicyclic) bond motifs is 1. The summed E-state index contributed by atoms with van der Waals surface area (Å²) < 4.78 is 0. The van der Waals surface area contributed by atoms with Crippen LogP contribution in [0.25, 0.3) is 10.9 Å². The van der Waals surface area contributed by atoms with Crippen LogP contribution in [0.2, 0.25) is 0 Å². The van der Waals surface area contributed by atoms with Crippen LogP contribution in [-0.4, -0.2) is 30.0 Å². The highest BCUT2D eigenvalue weighted by Gasteiger charge is 2.10. The van der Waals surface area contributed by atoms with E-state index in [9.17, 15) is 4.79 Å². The van der Waals surface area contributed by atoms with Gasteiger partial charge in [-0.2, -0.15) is 0 Å². The van der Waals surface area contributed by atoms with E-state index in [-0.39, 0.29) is 5.91 Å². The third-order valence-corrected chi connectivity index (χ3v) is 4.29. The van der Waals surface area contributed by atoms with Crippen molar-refractivity contribution < 1.29 is 4.79 Å². The lowest BCUT2D eigenvalue weighted by Crippen LogP contribution is -2.23. The third-order valence-electron chi connectivity index (χ3n) is 4.29. The van der Waals surface area contributed by atoms with Crippen LogP contribution in [0.15, 0.2) is 36.5 Å². The fourth-order valence-corrected chi connectivity index (χ4v) is 2.70. The maximum atomic E-state index is 12.5. The minimum absolute atomic E-state index is 0.0710. The molecule has 0 saturated carbocycles. The molecule has 5 heteroatoms. The molecule has 2 heterocycles. The summed E-state index contributed by atoms with van der Waals surface area (Å²) in [6, 6.07) is 9.65. The highest BCUT2D eigenvalue weighted by molar-refractivity contribution is 5.99. The second kappa shape index (κ2) is 6.35. The quantitative estimate of drug-likeness (QED) is 0.775. The molecule has 24 heavy (non-hydrogen) atoms. The van der Waals surface area contributed by atoms with Crippen molar-refractivity contribution in [3.8, 4) is 0 Å². The first-order valence-electron chi connectivity index (χ1n) is 7.95. The van der Waals surface area contributed by atoms with Gasteiger partial charge in [-0.15, -0.1) is 0 Å². The van der Waals surface area contributed by atoms with Gasteiger partial charge in [-0.1, -0.05) is 0 Å². The molecule has 0 bridgehead atoms. The predicted molar refractivity (Wildman–Crippen MR) is 97.5 cm³/mol. The number of aryl methyl sites for hydroxylation is 2. The predicted octanol–water partition coefficient (Wildman–Crippen LogP) is 3.18. The normalized spacial score (nSPS) is 10.8. The molecule has 2 aromatic heterocycles. The van der Waals surface area contributed by atoms with Crippen LogP contribution in [0.1, 0.15) is 27.2 Å². The van der Waals surface area contributed by atoms with Crippen LogP contribution in [0.5, 0.6) is 0 Å². The Kier molecular flexibility index (Phi) is 4.25. The molecule has 0 aliphatic carbocycles. The van der Waals surface area contributed by atoms with E-state index in [0.717, 1.165) is 28.0 Å². The lowest BCUT2D eigenvalue weighted by molar-refractivity contribution is 0.0951. The Morgan fingerprint density at radius 1 is 1.21 bits per heavy atom. The van der Waals surface area contributed by atoms with Crippen LogP contribution in [0.4, 0.5) is 5.82 Å². The molecule has 0 fully saturated rings. The highest BCUT2D eigenvalue weighted by Crippen LogP contribution is 2.22. The van der Waals surface area contributed by atoms with Gasteiger partial charge in [-0.05, 0) is 55.3 Å². The second-order valence-electron chi connectivity index (χ2n) is 6.23. The van der Waals surface area contributed by atoms with Gasteiger partial charge in [0.05, 0.1) is 0 Å². The van der Waals surface area contributed by atoms with Gasteiger partial charge in [0.15, 0.2) is 0 Å². The average molecular weight is 322 g/mol. The Hall–Kier alpha value is -2.82. The summed E-state index contributed by atoms with van der Waals surface area (Å²) >= 11 is 0. The molecule has 0 radical (unpaired) electrons. The van der Waals surface area contributed by atoms with Crippen LogP contribution >= 0.6 is 0 Å². The smallest absolute Gasteiger partial charge is 0.251 e. The largest absolute Gasteiger partial charge is 0.363 e. The van der Waals surface area contributed by atoms with Crippen molar-refractivity contribution in [1.29, 1.82) is 0 Å². The van der Waals surface area contributed by atoms with Crippen molar-refractivity contribution >= 4 is 22.6 Å². The number of nitrogens with one attached hydrogen (secondary N) is 2. The summed E-state index contributed by atoms with van der Waals surface area (Å²) in [5.74, 6) is 0.806. The zero-order valence-electron chi connectivity index (χ0n) is 14.5. The van der Waals surface area contributed by atoms with E-state index in [4.69, 9.17) is 0 Å². The number of anilines is 1. The Bertz CT molecular complexity index is 896. The van der Waals surface area contributed by atoms with Gasteiger partial charge in [-0.25, -0.2) is 4.98 Å². The molecule has 3 aromatic rings. The number of H-pyrrole nitrogens is 1. The van der Waals surface area contributed by atoms with Crippen LogP contribution < -0.4 is 10.2 Å². The molecule has 0 aliphatic heterocycles. The maximum Gasteiger partial charge on any atom is 0.251 e. The fraction of sp³-hybridized carbons (Fsp3) is 0.263. The van der Waals surface area contributed by atoms with E-state index in [1.165, 1.54) is 5.56 Å². The van der Waals surface area contributed by atoms with E-state index in [1.807, 2.05) is 56.3 Å². The van der Waals surface area contributed by atoms with Crippen LogP contribution in [-0.2, 0) is 6.54 Å². The van der Waals surface area contributed by atoms with Crippen LogP contribution in [0.3, 0.4) is 0 Å². The number of aromatic nitrogens is 2. The minimum atomic E-state index is -0.0710. The summed E-state index contributed by atoms with van der Waals surface area (Å²) in [6.07, 6.45) is 1.76. The monoisotopic (exact) mass is 322 g/mol. The molecule has 0 unspecified atom stereocenters. The Morgan fingerprint density at radius 3 is 2.75 bits per heavy atom. The van der Waals surface area contributed by atoms with Gasteiger partial charge >= 0.3 is 0 Å². The molecule has 5 nitrogen and oxygen atoms in total. The molecule has 2 N–H and O–H groups in total. The van der Waals surface area contributed by atoms with E-state index < -0.39 is 0 Å². The molecule has 3 rings (SSSR count). The van der Waals surface area contributed by atoms with E-state index >= 15 is 0 Å². The summed E-state index contributed by atoms with van der Waals surface area (Å²) in [5, 5.41) is 4.07. The van der Waals surface area contributed by atoms with Gasteiger partial charge in [0.25, 0.3) is 5.91 Å². The third kappa shape index (κ3) is 3.11. The molecule has 0 saturated heterocycles. The number of pyridine rings is 1. The van der Waals surface area contributed by atoms with Gasteiger partial charge in [-0.3, -0.25) is 4.79 Å². The number of rotatable bonds is 4. The lowest BCUT2D eigenvalue weighted by Gasteiger charge is -2.12. The highest BCUT2D eigenvalue weighted by atomic mass is 16.1. The lowest BCUT2D eigenvalue weighted by atomic mass is 10.1. The molecule has 0 spiro atoms. The van der Waals surface area contributed by atoms with Crippen molar-refractivity contribution in [2.75, 3.05) is 19.0 Å². The Labute approximate surface area is 141 Å². The number of hydrogen-bond acceptors (Lipinski definition) is 3. The number of nitrogens with zero attached hydrogens (tertiary/aromatic N) is 2. The van der Waals surface area contributed by atoms with E-state index in [2.05, 4.69) is 22.2 Å². The molecule has 124 valence electrons. The maximum absolute atomic E-state index is 12.5. The minimum Gasteiger partial charge on any atom is -0.363 e. The number of aromatic amines is 1. The van der Waals surface area contributed by atoms with Crippen LogP contribution in [0, 0.1) is 13.8 Å². The summed E-state index contributed by atoms with van der Waals surface area (Å²) in [7, 11) is 3.89. The number of amides is 1. The van der Waals surface area contributed by atoms with E-state index in [0.29, 0.717) is 12.1 Å². The zero-order valence-corrected chi connectivity index (χ0v) is 14.5. The zero-order chi connectivity index (χ0) is 17.3. The van der Waals surface area contributed by atoms with Gasteiger partial charge in [0.2, 0.25) is 0 Å². The van der Waals surface area contributed by atoms with Gasteiger partial charge < -0.3 is 15.2 Å². The number of benzene rings is 1. The van der Waals surface area contributed by atoms with Crippen molar-refractivity contribution in [1.82, 2.24) is 15.3 Å². The van der Waals surface area contributed by atoms with Crippen molar-refractivity contribution in [3.05, 3.63) is 58.9 Å². The number of carbonyl (C=O) groups is 1. The van der Waals surface area contributed by atoms with Crippen molar-refractivity contribution in [2.45, 2.75) is 20.4 Å². The summed E-state index contributed by atoms with van der Waals surface area (Å²) in [6.45, 7) is 4.59. The molecular weight excluding hydrogens is 300 g/mol. The number of carbonyl (C=O) groups excluding carboxylic acids is 1. The van der Waals surface area contributed by atoms with Gasteiger partial charge in [0.1, 0.15) is 5.82 Å². The van der Waals surface area contributed by atoms with Gasteiger partial charge in [0, 0.05) is 49.0 Å². The first kappa shape index (κ1) is 16.1. The van der Waals surface area contributed by atoms with Crippen molar-refractivity contribution in [3.63, 3.8) is 0 Å². The Morgan fingerprint density at radius 2 is 2.00 bits per heavy atom. The standard InChI is InChI=1S/C19H22N4O/c1-12-13(2)22-17-6-5-15(10-16(12)17)19(24)21-11-14-7-8-20-18(9-14)23(3)4/h5-10,22H,11H2,1-4H3,(H,21,24). The molecule has 0 atom stereocenters. The topological polar surface area (TPSA) is 61.0 Å². The average Bonchev–Trinajstić information content (AvgIpc) is 2.87. The Balaban J connectivity index is 1.75. The van der Waals surface area contributed by atoms with Crippen molar-refractivity contribution in [2.24, 2.45) is 0 Å².